The second kappa shape index (κ2) is 29.3. The zero-order chi connectivity index (χ0) is 72.1. The number of aldehydes is 1. The Morgan fingerprint density at radius 1 is 0.618 bits per heavy atom. The van der Waals surface area contributed by atoms with Crippen LogP contribution in [0.5, 0.6) is 23.0 Å². The number of nitrogens with two attached hydrogens (primary N) is 1. The molecule has 10 atom stereocenters. The van der Waals surface area contributed by atoms with E-state index >= 15 is 0 Å². The molecule has 0 saturated carbocycles. The minimum atomic E-state index is -1.55. The number of para-hydroxylation sites is 2. The third-order valence-corrected chi connectivity index (χ3v) is 21.8. The van der Waals surface area contributed by atoms with E-state index in [1.165, 1.54) is 68.3 Å². The number of carbonyl (C=O) groups is 3. The number of rotatable bonds is 12. The molecule has 6 saturated heterocycles. The molecule has 8 aromatic carbocycles. The highest BCUT2D eigenvalue weighted by Crippen LogP contribution is 2.52. The van der Waals surface area contributed by atoms with Crippen molar-refractivity contribution in [2.75, 3.05) is 26.2 Å². The number of aliphatic hydroxyl groups excluding tert-OH is 1. The smallest absolute Gasteiger partial charge is 0.434 e. The van der Waals surface area contributed by atoms with Gasteiger partial charge in [-0.1, -0.05) is 142 Å². The van der Waals surface area contributed by atoms with Crippen LogP contribution in [0.25, 0.3) is 0 Å². The first-order chi connectivity index (χ1) is 49.5. The van der Waals surface area contributed by atoms with Crippen LogP contribution < -0.4 is 25.0 Å². The minimum Gasteiger partial charge on any atom is -0.504 e. The number of nitrogens with zero attached hydrogens (tertiary/aromatic N) is 4. The van der Waals surface area contributed by atoms with E-state index in [4.69, 9.17) is 51.0 Å². The molecule has 9 heterocycles. The van der Waals surface area contributed by atoms with Crippen LogP contribution in [-0.2, 0) is 46.6 Å². The summed E-state index contributed by atoms with van der Waals surface area (Å²) < 4.78 is 49.3. The lowest BCUT2D eigenvalue weighted by Gasteiger charge is -2.49. The number of terminal acetylenes is 1. The molecule has 8 aromatic rings. The van der Waals surface area contributed by atoms with Gasteiger partial charge >= 0.3 is 35.7 Å². The number of hydrogen-bond acceptors (Lipinski definition) is 14. The van der Waals surface area contributed by atoms with Crippen molar-refractivity contribution in [3.63, 3.8) is 0 Å². The fourth-order valence-corrected chi connectivity index (χ4v) is 17.6. The van der Waals surface area contributed by atoms with E-state index in [1.807, 2.05) is 13.8 Å². The highest BCUT2D eigenvalue weighted by Gasteiger charge is 2.88. The number of carbonyl (C=O) groups excluding carboxylic acids is 7. The van der Waals surface area contributed by atoms with E-state index in [-0.39, 0.29) is 47.1 Å². The van der Waals surface area contributed by atoms with Crippen molar-refractivity contribution in [1.82, 2.24) is 0 Å². The van der Waals surface area contributed by atoms with Crippen LogP contribution in [0.1, 0.15) is 121 Å². The van der Waals surface area contributed by atoms with Gasteiger partial charge in [0.1, 0.15) is 48.1 Å². The molecule has 9 aliphatic heterocycles. The van der Waals surface area contributed by atoms with Crippen LogP contribution in [0.15, 0.2) is 194 Å². The van der Waals surface area contributed by atoms with Crippen molar-refractivity contribution < 1.29 is 99.8 Å². The summed E-state index contributed by atoms with van der Waals surface area (Å²) in [5.74, 6) is -2.29. The lowest BCUT2D eigenvalue weighted by atomic mass is 9.89. The van der Waals surface area contributed by atoms with Gasteiger partial charge in [-0.2, -0.15) is 28.1 Å². The molecule has 20 nitrogen and oxygen atoms in total. The predicted octanol–water partition coefficient (Wildman–Crippen LogP) is 7.61. The fraction of sp³-hybridized carbons (Fsp3) is 0.287. The Hall–Kier alpha value is -11.0. The van der Waals surface area contributed by atoms with Crippen molar-refractivity contribution in [2.45, 2.75) is 120 Å². The summed E-state index contributed by atoms with van der Waals surface area (Å²) in [6, 6.07) is 64.7. The number of hydrogen-bond donors (Lipinski definition) is 6. The molecule has 0 aromatic heterocycles. The van der Waals surface area contributed by atoms with Crippen molar-refractivity contribution in [1.29, 1.82) is 0 Å². The van der Waals surface area contributed by atoms with Gasteiger partial charge in [0.2, 0.25) is 23.5 Å². The van der Waals surface area contributed by atoms with Crippen molar-refractivity contribution in [2.24, 2.45) is 5.73 Å². The van der Waals surface area contributed by atoms with Gasteiger partial charge in [0, 0.05) is 90.6 Å². The number of phenols is 2. The molecule has 7 N–H and O–H groups in total. The van der Waals surface area contributed by atoms with Crippen LogP contribution in [0.4, 0.5) is 20.2 Å². The quantitative estimate of drug-likeness (QED) is 0.0172. The maximum absolute atomic E-state index is 14.1. The maximum Gasteiger partial charge on any atom is 0.434 e. The summed E-state index contributed by atoms with van der Waals surface area (Å²) in [5.41, 5.74) is 17.6. The molecule has 4 unspecified atom stereocenters. The second-order valence-corrected chi connectivity index (χ2v) is 26.5. The first-order valence-electron chi connectivity index (χ1n) is 34.1. The lowest BCUT2D eigenvalue weighted by molar-refractivity contribution is -1.21. The average Bonchev–Trinajstić information content (AvgIpc) is 1.47. The normalized spacial score (nSPS) is 25.0. The summed E-state index contributed by atoms with van der Waals surface area (Å²) in [5, 5.41) is 27.7. The van der Waals surface area contributed by atoms with Crippen LogP contribution in [0, 0.1) is 24.2 Å². The SMILES string of the molecule is C#CO[C@@H](N)[C@@H](O)c1cc(O)c(O)cc1F.CCC1(CC)Oc2cc(F)c(C=O)cc2O1.O=C1[C@@H]2CCC[N@@+]2(Cc2ccccc2)C23CC[N+]2=C(c2ccccc2)c2ccccc2[NH+]13.O=C1[C@H]2CCC[N@@+]2(Cc2ccccc2)C23CC[N+]2=C(c2ccccc2)c2ccccc2[NH+]13.O=C=O.O=C=O. The van der Waals surface area contributed by atoms with E-state index < -0.39 is 41.3 Å². The molecule has 6 fully saturated rings. The Labute approximate surface area is 588 Å². The molecule has 0 bridgehead atoms. The highest BCUT2D eigenvalue weighted by atomic mass is 19.1. The number of amides is 2. The van der Waals surface area contributed by atoms with Gasteiger partial charge in [0.05, 0.1) is 18.7 Å². The number of aromatic hydroxyl groups is 2. The number of fused-ring (bicyclic) bond motifs is 7. The molecular weight excluding hydrogens is 1300 g/mol. The van der Waals surface area contributed by atoms with Crippen molar-refractivity contribution in [3.05, 3.63) is 250 Å². The van der Waals surface area contributed by atoms with Gasteiger partial charge in [0.15, 0.2) is 72.8 Å². The Morgan fingerprint density at radius 3 is 1.42 bits per heavy atom. The summed E-state index contributed by atoms with van der Waals surface area (Å²) >= 11 is 0. The van der Waals surface area contributed by atoms with Crippen LogP contribution in [0.3, 0.4) is 0 Å². The summed E-state index contributed by atoms with van der Waals surface area (Å²) in [4.78, 5) is 73.5. The summed E-state index contributed by atoms with van der Waals surface area (Å²) in [7, 11) is 0. The summed E-state index contributed by atoms with van der Waals surface area (Å²) in [6.45, 7) is 9.92. The van der Waals surface area contributed by atoms with Gasteiger partial charge in [-0.15, -0.1) is 19.0 Å². The van der Waals surface area contributed by atoms with Gasteiger partial charge in [-0.05, 0) is 48.5 Å². The van der Waals surface area contributed by atoms with Crippen molar-refractivity contribution >= 4 is 53.2 Å². The molecule has 2 spiro atoms. The largest absolute Gasteiger partial charge is 0.504 e. The van der Waals surface area contributed by atoms with E-state index in [9.17, 15) is 28.3 Å². The lowest BCUT2D eigenvalue weighted by Crippen LogP contribution is -3.23. The van der Waals surface area contributed by atoms with Gasteiger partial charge in [0.25, 0.3) is 5.79 Å². The Kier molecular flexibility index (Phi) is 20.4. The monoisotopic (exact) mass is 1380 g/mol. The molecule has 22 heteroatoms. The van der Waals surface area contributed by atoms with E-state index in [1.54, 1.807) is 6.11 Å². The molecule has 102 heavy (non-hydrogen) atoms. The summed E-state index contributed by atoms with van der Waals surface area (Å²) in [6.07, 6.45) is 12.3. The van der Waals surface area contributed by atoms with E-state index in [0.717, 1.165) is 103 Å². The van der Waals surface area contributed by atoms with Gasteiger partial charge in [-0.25, -0.2) is 18.4 Å². The Morgan fingerprint density at radius 2 is 1.02 bits per heavy atom. The molecule has 2 amide bonds. The molecule has 17 rings (SSSR count). The zero-order valence-corrected chi connectivity index (χ0v) is 56.4. The van der Waals surface area contributed by atoms with Crippen molar-refractivity contribution in [3.8, 4) is 35.5 Å². The Balaban J connectivity index is 0.000000131. The molecular formula is C80H79F2N7O13+6. The number of halogens is 2. The predicted molar refractivity (Wildman–Crippen MR) is 364 cm³/mol. The van der Waals surface area contributed by atoms with Gasteiger partial charge in [-0.3, -0.25) is 10.5 Å². The topological polar surface area (TPSA) is 249 Å². The van der Waals surface area contributed by atoms with E-state index in [0.29, 0.717) is 48.5 Å². The highest BCUT2D eigenvalue weighted by molar-refractivity contribution is 6.14. The fourth-order valence-electron chi connectivity index (χ4n) is 17.6. The average molecular weight is 1380 g/mol. The number of aliphatic hydroxyl groups is 1. The number of ether oxygens (including phenoxy) is 3. The zero-order valence-electron chi connectivity index (χ0n) is 56.4. The standard InChI is InChI=1S/2C28H27N3O.C12H13FO3.C10H10FNO4.2CO2/c2*32-27-25-16-9-19-31(25,20-21-10-3-1-4-11-21)28-17-18-29(28)26(22-12-5-2-6-13-22)23-14-7-8-15-24(23)30(27)28;1-3-12(4-2)15-10-5-8(7-14)9(13)6-11(10)16-12;1-2-16-10(12)9(15)5-3-7(13)8(14)4-6(5)11;2*2-1-3/h2*1-8,10-15,25H,9,16-20H2;5-7H,3-4H2,1-2H3;1,3-4,9-10,13-15H,12H2;;/q2*+2;;;;/p+2/t25-,28?,31+;25-,28?,31-;;9-,10+;;/m10.0../s1. The third-order valence-electron chi connectivity index (χ3n) is 21.8. The minimum absolute atomic E-state index is 0.00893. The number of phenolic OH excluding ortho intramolecular Hbond substituents is 2. The number of nitrogens with one attached hydrogen (secondary N) is 2. The molecule has 520 valence electrons. The number of quaternary nitrogens is 4. The maximum atomic E-state index is 14.1. The first kappa shape index (κ1) is 70.9. The van der Waals surface area contributed by atoms with Crippen LogP contribution >= 0.6 is 0 Å². The van der Waals surface area contributed by atoms with E-state index in [2.05, 4.69) is 184 Å². The van der Waals surface area contributed by atoms with Gasteiger partial charge < -0.3 is 29.5 Å². The molecule has 0 radical (unpaired) electrons. The Bertz CT molecular complexity index is 4470. The number of benzene rings is 8. The second-order valence-electron chi connectivity index (χ2n) is 26.5. The van der Waals surface area contributed by atoms with Crippen LogP contribution in [-0.4, -0.2) is 137 Å². The van der Waals surface area contributed by atoms with Crippen LogP contribution in [0.2, 0.25) is 0 Å². The first-order valence-corrected chi connectivity index (χ1v) is 34.1. The molecule has 9 aliphatic rings. The third kappa shape index (κ3) is 11.8. The molecule has 0 aliphatic carbocycles.